The van der Waals surface area contributed by atoms with Crippen LogP contribution in [0.4, 0.5) is 5.69 Å². The lowest BCUT2D eigenvalue weighted by Crippen LogP contribution is -2.46. The van der Waals surface area contributed by atoms with Gasteiger partial charge in [0, 0.05) is 5.69 Å². The molecular formula is C19H19NO5. The van der Waals surface area contributed by atoms with Crippen LogP contribution in [-0.4, -0.2) is 31.2 Å². The molecule has 0 spiro atoms. The standard InChI is InChI=1S/C19H19NO5/c1-11-13(19(22)23-3)7-6-8-14(11)20-18(21)17-12(2)24-15-9-4-5-10-16(15)25-17/h4-10,12,17H,1-3H3,(H,20,21)/t12-,17-/m0/s1. The van der Waals surface area contributed by atoms with Crippen LogP contribution in [0.5, 0.6) is 11.5 Å². The Labute approximate surface area is 145 Å². The van der Waals surface area contributed by atoms with Crippen molar-refractivity contribution in [3.8, 4) is 11.5 Å². The number of rotatable bonds is 3. The Hall–Kier alpha value is -3.02. The molecule has 25 heavy (non-hydrogen) atoms. The van der Waals surface area contributed by atoms with Gasteiger partial charge >= 0.3 is 5.97 Å². The van der Waals surface area contributed by atoms with E-state index in [1.165, 1.54) is 7.11 Å². The van der Waals surface area contributed by atoms with E-state index in [0.717, 1.165) is 0 Å². The molecule has 0 aliphatic carbocycles. The van der Waals surface area contributed by atoms with Gasteiger partial charge in [-0.3, -0.25) is 4.79 Å². The van der Waals surface area contributed by atoms with E-state index in [-0.39, 0.29) is 5.91 Å². The highest BCUT2D eigenvalue weighted by molar-refractivity contribution is 5.98. The minimum Gasteiger partial charge on any atom is -0.482 e. The van der Waals surface area contributed by atoms with Gasteiger partial charge in [-0.15, -0.1) is 0 Å². The van der Waals surface area contributed by atoms with E-state index in [2.05, 4.69) is 5.32 Å². The fourth-order valence-corrected chi connectivity index (χ4v) is 2.71. The topological polar surface area (TPSA) is 73.9 Å². The Balaban J connectivity index is 1.80. The average molecular weight is 341 g/mol. The van der Waals surface area contributed by atoms with Crippen LogP contribution in [0.1, 0.15) is 22.8 Å². The van der Waals surface area contributed by atoms with Gasteiger partial charge in [0.2, 0.25) is 6.10 Å². The summed E-state index contributed by atoms with van der Waals surface area (Å²) < 4.78 is 16.3. The molecule has 1 aliphatic heterocycles. The van der Waals surface area contributed by atoms with E-state index in [1.54, 1.807) is 44.2 Å². The molecule has 6 heteroatoms. The molecule has 0 unspecified atom stereocenters. The minimum absolute atomic E-state index is 0.341. The van der Waals surface area contributed by atoms with Crippen LogP contribution < -0.4 is 14.8 Å². The van der Waals surface area contributed by atoms with Crippen LogP contribution in [0.25, 0.3) is 0 Å². The number of benzene rings is 2. The third-order valence-corrected chi connectivity index (χ3v) is 4.10. The predicted molar refractivity (Wildman–Crippen MR) is 92.1 cm³/mol. The number of carbonyl (C=O) groups excluding carboxylic acids is 2. The highest BCUT2D eigenvalue weighted by Crippen LogP contribution is 2.33. The van der Waals surface area contributed by atoms with Crippen LogP contribution in [0.3, 0.4) is 0 Å². The molecule has 0 aromatic heterocycles. The number of fused-ring (bicyclic) bond motifs is 1. The summed E-state index contributed by atoms with van der Waals surface area (Å²) in [5.41, 5.74) is 1.56. The lowest BCUT2D eigenvalue weighted by atomic mass is 10.1. The molecular weight excluding hydrogens is 322 g/mol. The Morgan fingerprint density at radius 1 is 1.04 bits per heavy atom. The summed E-state index contributed by atoms with van der Waals surface area (Å²) in [7, 11) is 1.32. The maximum absolute atomic E-state index is 12.7. The van der Waals surface area contributed by atoms with Gasteiger partial charge in [0.25, 0.3) is 5.91 Å². The minimum atomic E-state index is -0.795. The zero-order chi connectivity index (χ0) is 18.0. The summed E-state index contributed by atoms with van der Waals surface area (Å²) in [6.45, 7) is 3.52. The van der Waals surface area contributed by atoms with Gasteiger partial charge < -0.3 is 19.5 Å². The molecule has 6 nitrogen and oxygen atoms in total. The normalized spacial score (nSPS) is 18.4. The van der Waals surface area contributed by atoms with Crippen LogP contribution in [0.15, 0.2) is 42.5 Å². The first-order chi connectivity index (χ1) is 12.0. The van der Waals surface area contributed by atoms with Crippen LogP contribution >= 0.6 is 0 Å². The molecule has 2 aromatic rings. The Morgan fingerprint density at radius 2 is 1.72 bits per heavy atom. The maximum Gasteiger partial charge on any atom is 0.338 e. The number of hydrogen-bond acceptors (Lipinski definition) is 5. The first kappa shape index (κ1) is 16.8. The average Bonchev–Trinajstić information content (AvgIpc) is 2.62. The Morgan fingerprint density at radius 3 is 2.40 bits per heavy atom. The van der Waals surface area contributed by atoms with Gasteiger partial charge in [-0.2, -0.15) is 0 Å². The zero-order valence-corrected chi connectivity index (χ0v) is 14.2. The molecule has 1 heterocycles. The first-order valence-corrected chi connectivity index (χ1v) is 7.92. The smallest absolute Gasteiger partial charge is 0.338 e. The summed E-state index contributed by atoms with van der Waals surface area (Å²) in [6, 6.07) is 12.3. The van der Waals surface area contributed by atoms with E-state index in [1.807, 2.05) is 12.1 Å². The van der Waals surface area contributed by atoms with E-state index in [9.17, 15) is 9.59 Å². The molecule has 3 rings (SSSR count). The number of ether oxygens (including phenoxy) is 3. The molecule has 1 N–H and O–H groups in total. The lowest BCUT2D eigenvalue weighted by Gasteiger charge is -2.31. The summed E-state index contributed by atoms with van der Waals surface area (Å²) in [5, 5.41) is 2.81. The molecule has 130 valence electrons. The Bertz CT molecular complexity index is 817. The van der Waals surface area contributed by atoms with Crippen LogP contribution in [0.2, 0.25) is 0 Å². The number of carbonyl (C=O) groups is 2. The molecule has 2 aromatic carbocycles. The monoisotopic (exact) mass is 341 g/mol. The van der Waals surface area contributed by atoms with Crippen molar-refractivity contribution in [3.63, 3.8) is 0 Å². The van der Waals surface area contributed by atoms with Crippen molar-refractivity contribution in [1.82, 2.24) is 0 Å². The van der Waals surface area contributed by atoms with Gasteiger partial charge in [0.05, 0.1) is 12.7 Å². The quantitative estimate of drug-likeness (QED) is 0.869. The second-order valence-electron chi connectivity index (χ2n) is 5.77. The summed E-state index contributed by atoms with van der Waals surface area (Å²) in [4.78, 5) is 24.4. The summed E-state index contributed by atoms with van der Waals surface area (Å²) in [5.74, 6) is 0.351. The number of anilines is 1. The molecule has 0 radical (unpaired) electrons. The molecule has 1 amide bonds. The van der Waals surface area contributed by atoms with Crippen LogP contribution in [-0.2, 0) is 9.53 Å². The Kier molecular flexibility index (Phi) is 4.61. The first-order valence-electron chi connectivity index (χ1n) is 7.92. The molecule has 1 aliphatic rings. The van der Waals surface area contributed by atoms with Crippen molar-refractivity contribution < 1.29 is 23.8 Å². The number of methoxy groups -OCH3 is 1. The fourth-order valence-electron chi connectivity index (χ4n) is 2.71. The van der Waals surface area contributed by atoms with Crippen molar-refractivity contribution in [3.05, 3.63) is 53.6 Å². The fraction of sp³-hybridized carbons (Fsp3) is 0.263. The molecule has 0 bridgehead atoms. The van der Waals surface area contributed by atoms with Crippen LogP contribution in [0, 0.1) is 6.92 Å². The van der Waals surface area contributed by atoms with Crippen molar-refractivity contribution in [2.24, 2.45) is 0 Å². The van der Waals surface area contributed by atoms with E-state index in [4.69, 9.17) is 14.2 Å². The van der Waals surface area contributed by atoms with Crippen molar-refractivity contribution >= 4 is 17.6 Å². The number of para-hydroxylation sites is 2. The van der Waals surface area contributed by atoms with Crippen molar-refractivity contribution in [2.45, 2.75) is 26.1 Å². The van der Waals surface area contributed by atoms with Gasteiger partial charge in [-0.25, -0.2) is 4.79 Å². The van der Waals surface area contributed by atoms with Crippen molar-refractivity contribution in [2.75, 3.05) is 12.4 Å². The number of esters is 1. The molecule has 0 saturated carbocycles. The summed E-state index contributed by atoms with van der Waals surface area (Å²) >= 11 is 0. The molecule has 0 saturated heterocycles. The van der Waals surface area contributed by atoms with E-state index < -0.39 is 18.2 Å². The van der Waals surface area contributed by atoms with E-state index in [0.29, 0.717) is 28.3 Å². The summed E-state index contributed by atoms with van der Waals surface area (Å²) in [6.07, 6.45) is -1.24. The highest BCUT2D eigenvalue weighted by atomic mass is 16.6. The number of amides is 1. The van der Waals surface area contributed by atoms with Gasteiger partial charge in [0.15, 0.2) is 11.5 Å². The van der Waals surface area contributed by atoms with E-state index >= 15 is 0 Å². The van der Waals surface area contributed by atoms with Gasteiger partial charge in [-0.05, 0) is 43.7 Å². The SMILES string of the molecule is COC(=O)c1cccc(NC(=O)[C@H]2Oc3ccccc3O[C@H]2C)c1C. The third kappa shape index (κ3) is 3.28. The van der Waals surface area contributed by atoms with Gasteiger partial charge in [-0.1, -0.05) is 18.2 Å². The zero-order valence-electron chi connectivity index (χ0n) is 14.2. The second kappa shape index (κ2) is 6.84. The lowest BCUT2D eigenvalue weighted by molar-refractivity contribution is -0.128. The molecule has 0 fully saturated rings. The predicted octanol–water partition coefficient (Wildman–Crippen LogP) is 2.95. The van der Waals surface area contributed by atoms with Crippen molar-refractivity contribution in [1.29, 1.82) is 0 Å². The highest BCUT2D eigenvalue weighted by Gasteiger charge is 2.34. The second-order valence-corrected chi connectivity index (χ2v) is 5.77. The number of hydrogen-bond donors (Lipinski definition) is 1. The third-order valence-electron chi connectivity index (χ3n) is 4.10. The molecule has 2 atom stereocenters. The largest absolute Gasteiger partial charge is 0.482 e. The van der Waals surface area contributed by atoms with Gasteiger partial charge in [0.1, 0.15) is 6.10 Å². The number of nitrogens with one attached hydrogen (secondary N) is 1. The maximum atomic E-state index is 12.7.